The molecule has 0 spiro atoms. The van der Waals surface area contributed by atoms with E-state index in [1.165, 1.54) is 5.69 Å². The molecule has 2 rings (SSSR count). The molecule has 4 nitrogen and oxygen atoms in total. The third kappa shape index (κ3) is 1.88. The van der Waals surface area contributed by atoms with Gasteiger partial charge in [-0.1, -0.05) is 32.0 Å². The Morgan fingerprint density at radius 3 is 2.62 bits per heavy atom. The molecule has 1 N–H and O–H groups in total. The van der Waals surface area contributed by atoms with Gasteiger partial charge in [0.15, 0.2) is 0 Å². The summed E-state index contributed by atoms with van der Waals surface area (Å²) >= 11 is 0. The lowest BCUT2D eigenvalue weighted by molar-refractivity contribution is 0.574. The summed E-state index contributed by atoms with van der Waals surface area (Å²) in [4.78, 5) is 6.15. The van der Waals surface area contributed by atoms with E-state index in [4.69, 9.17) is 5.53 Å². The van der Waals surface area contributed by atoms with Gasteiger partial charge >= 0.3 is 0 Å². The van der Waals surface area contributed by atoms with Crippen LogP contribution in [0.15, 0.2) is 29.4 Å². The highest BCUT2D eigenvalue weighted by Gasteiger charge is 2.15. The summed E-state index contributed by atoms with van der Waals surface area (Å²) in [5.74, 6) is 0. The molecule has 0 saturated heterocycles. The number of hydrogen-bond donors (Lipinski definition) is 1. The standard InChI is InChI=1S/C12H14N4/c1-12(2,3)11-7-8-6-9(15-16-13)4-5-10(8)14-11/h4-7,14H,1-3H3. The third-order valence-corrected chi connectivity index (χ3v) is 2.57. The van der Waals surface area contributed by atoms with Crippen LogP contribution in [0.5, 0.6) is 0 Å². The van der Waals surface area contributed by atoms with Crippen LogP contribution in [0.4, 0.5) is 5.69 Å². The van der Waals surface area contributed by atoms with Gasteiger partial charge in [-0.15, -0.1) is 0 Å². The van der Waals surface area contributed by atoms with E-state index >= 15 is 0 Å². The van der Waals surface area contributed by atoms with Crippen molar-refractivity contribution >= 4 is 16.6 Å². The van der Waals surface area contributed by atoms with Gasteiger partial charge in [0.25, 0.3) is 0 Å². The fourth-order valence-electron chi connectivity index (χ4n) is 1.64. The van der Waals surface area contributed by atoms with Crippen molar-refractivity contribution in [2.24, 2.45) is 5.11 Å². The molecule has 0 saturated carbocycles. The van der Waals surface area contributed by atoms with Crippen molar-refractivity contribution in [1.29, 1.82) is 0 Å². The Bertz CT molecular complexity index is 568. The summed E-state index contributed by atoms with van der Waals surface area (Å²) < 4.78 is 0. The Hall–Kier alpha value is -1.93. The van der Waals surface area contributed by atoms with E-state index in [0.717, 1.165) is 10.9 Å². The van der Waals surface area contributed by atoms with Gasteiger partial charge in [-0.3, -0.25) is 0 Å². The van der Waals surface area contributed by atoms with Gasteiger partial charge in [0.2, 0.25) is 0 Å². The molecule has 82 valence electrons. The average Bonchev–Trinajstić information content (AvgIpc) is 2.60. The lowest BCUT2D eigenvalue weighted by Gasteiger charge is -2.15. The molecular weight excluding hydrogens is 200 g/mol. The van der Waals surface area contributed by atoms with Crippen molar-refractivity contribution in [3.8, 4) is 0 Å². The van der Waals surface area contributed by atoms with E-state index in [1.54, 1.807) is 0 Å². The van der Waals surface area contributed by atoms with Crippen LogP contribution in [-0.4, -0.2) is 4.98 Å². The predicted octanol–water partition coefficient (Wildman–Crippen LogP) is 4.41. The van der Waals surface area contributed by atoms with E-state index in [9.17, 15) is 0 Å². The van der Waals surface area contributed by atoms with Gasteiger partial charge in [0.1, 0.15) is 0 Å². The summed E-state index contributed by atoms with van der Waals surface area (Å²) in [5.41, 5.74) is 11.4. The zero-order chi connectivity index (χ0) is 11.8. The Labute approximate surface area is 93.9 Å². The molecule has 1 aromatic heterocycles. The second-order valence-corrected chi connectivity index (χ2v) is 4.89. The van der Waals surface area contributed by atoms with E-state index < -0.39 is 0 Å². The quantitative estimate of drug-likeness (QED) is 0.415. The first kappa shape index (κ1) is 10.6. The molecule has 0 aliphatic heterocycles. The van der Waals surface area contributed by atoms with E-state index in [0.29, 0.717) is 5.69 Å². The number of rotatable bonds is 1. The van der Waals surface area contributed by atoms with Crippen molar-refractivity contribution in [3.63, 3.8) is 0 Å². The zero-order valence-corrected chi connectivity index (χ0v) is 9.65. The van der Waals surface area contributed by atoms with Gasteiger partial charge < -0.3 is 4.98 Å². The monoisotopic (exact) mass is 214 g/mol. The van der Waals surface area contributed by atoms with Crippen molar-refractivity contribution in [2.75, 3.05) is 0 Å². The fourth-order valence-corrected chi connectivity index (χ4v) is 1.64. The van der Waals surface area contributed by atoms with Crippen LogP contribution in [0.25, 0.3) is 21.3 Å². The minimum Gasteiger partial charge on any atom is -0.358 e. The lowest BCUT2D eigenvalue weighted by atomic mass is 9.92. The van der Waals surface area contributed by atoms with Crippen LogP contribution in [0.3, 0.4) is 0 Å². The molecular formula is C12H14N4. The third-order valence-electron chi connectivity index (χ3n) is 2.57. The first-order valence-corrected chi connectivity index (χ1v) is 5.19. The Morgan fingerprint density at radius 2 is 2.00 bits per heavy atom. The van der Waals surface area contributed by atoms with Crippen LogP contribution in [0, 0.1) is 0 Å². The van der Waals surface area contributed by atoms with Crippen LogP contribution >= 0.6 is 0 Å². The van der Waals surface area contributed by atoms with Crippen molar-refractivity contribution < 1.29 is 0 Å². The lowest BCUT2D eigenvalue weighted by Crippen LogP contribution is -2.10. The molecule has 1 aromatic carbocycles. The van der Waals surface area contributed by atoms with Gasteiger partial charge in [-0.25, -0.2) is 0 Å². The van der Waals surface area contributed by atoms with Gasteiger partial charge in [0, 0.05) is 32.6 Å². The number of benzene rings is 1. The van der Waals surface area contributed by atoms with Crippen molar-refractivity contribution in [1.82, 2.24) is 4.98 Å². The van der Waals surface area contributed by atoms with E-state index in [1.807, 2.05) is 18.2 Å². The van der Waals surface area contributed by atoms with E-state index in [-0.39, 0.29) is 5.41 Å². The van der Waals surface area contributed by atoms with Crippen molar-refractivity contribution in [2.45, 2.75) is 26.2 Å². The topological polar surface area (TPSA) is 64.6 Å². The molecule has 4 heteroatoms. The SMILES string of the molecule is CC(C)(C)c1cc2cc(N=[N+]=[N-])ccc2[nH]1. The molecule has 16 heavy (non-hydrogen) atoms. The summed E-state index contributed by atoms with van der Waals surface area (Å²) in [6.07, 6.45) is 0. The summed E-state index contributed by atoms with van der Waals surface area (Å²) in [5, 5.41) is 4.67. The molecule has 0 bridgehead atoms. The van der Waals surface area contributed by atoms with E-state index in [2.05, 4.69) is 41.8 Å². The van der Waals surface area contributed by atoms with Crippen LogP contribution < -0.4 is 0 Å². The maximum Gasteiger partial charge on any atom is 0.0456 e. The highest BCUT2D eigenvalue weighted by Crippen LogP contribution is 2.28. The summed E-state index contributed by atoms with van der Waals surface area (Å²) in [6, 6.07) is 7.74. The number of nitrogens with one attached hydrogen (secondary N) is 1. The maximum atomic E-state index is 8.38. The minimum atomic E-state index is 0.0949. The molecule has 2 aromatic rings. The first-order chi connectivity index (χ1) is 7.50. The summed E-state index contributed by atoms with van der Waals surface area (Å²) in [6.45, 7) is 6.48. The number of aromatic amines is 1. The van der Waals surface area contributed by atoms with Gasteiger partial charge in [-0.2, -0.15) is 0 Å². The van der Waals surface area contributed by atoms with Gasteiger partial charge in [-0.05, 0) is 23.7 Å². The normalized spacial score (nSPS) is 11.4. The molecule has 0 fully saturated rings. The second-order valence-electron chi connectivity index (χ2n) is 4.89. The number of azide groups is 1. The van der Waals surface area contributed by atoms with Crippen LogP contribution in [0.1, 0.15) is 26.5 Å². The number of hydrogen-bond acceptors (Lipinski definition) is 1. The molecule has 1 heterocycles. The number of aromatic nitrogens is 1. The minimum absolute atomic E-state index is 0.0949. The molecule has 0 radical (unpaired) electrons. The zero-order valence-electron chi connectivity index (χ0n) is 9.65. The predicted molar refractivity (Wildman–Crippen MR) is 65.8 cm³/mol. The highest BCUT2D eigenvalue weighted by atomic mass is 15.1. The maximum absolute atomic E-state index is 8.38. The average molecular weight is 214 g/mol. The molecule has 0 atom stereocenters. The van der Waals surface area contributed by atoms with Gasteiger partial charge in [0.05, 0.1) is 0 Å². The van der Waals surface area contributed by atoms with Crippen LogP contribution in [-0.2, 0) is 5.41 Å². The Balaban J connectivity index is 2.58. The number of nitrogens with zero attached hydrogens (tertiary/aromatic N) is 3. The first-order valence-electron chi connectivity index (χ1n) is 5.19. The largest absolute Gasteiger partial charge is 0.358 e. The molecule has 0 aliphatic carbocycles. The molecule has 0 amide bonds. The summed E-state index contributed by atoms with van der Waals surface area (Å²) in [7, 11) is 0. The number of fused-ring (bicyclic) bond motifs is 1. The number of H-pyrrole nitrogens is 1. The van der Waals surface area contributed by atoms with Crippen LogP contribution in [0.2, 0.25) is 0 Å². The smallest absolute Gasteiger partial charge is 0.0456 e. The second kappa shape index (κ2) is 3.58. The Morgan fingerprint density at radius 1 is 1.25 bits per heavy atom. The fraction of sp³-hybridized carbons (Fsp3) is 0.333. The Kier molecular flexibility index (Phi) is 2.37. The molecule has 0 aliphatic rings. The highest BCUT2D eigenvalue weighted by molar-refractivity contribution is 5.83. The van der Waals surface area contributed by atoms with Crippen molar-refractivity contribution in [3.05, 3.63) is 40.4 Å². The molecule has 0 unspecified atom stereocenters.